The van der Waals surface area contributed by atoms with E-state index in [1.807, 2.05) is 24.3 Å². The van der Waals surface area contributed by atoms with Crippen molar-refractivity contribution in [3.8, 4) is 11.5 Å². The third-order valence-electron chi connectivity index (χ3n) is 3.82. The van der Waals surface area contributed by atoms with E-state index in [9.17, 15) is 4.79 Å². The molecule has 0 saturated heterocycles. The number of carbonyl (C=O) groups is 1. The van der Waals surface area contributed by atoms with E-state index in [4.69, 9.17) is 4.42 Å². The topological polar surface area (TPSA) is 80.9 Å². The highest BCUT2D eigenvalue weighted by Gasteiger charge is 2.26. The number of hydrogen-bond donors (Lipinski definition) is 1. The number of anilines is 1. The van der Waals surface area contributed by atoms with E-state index in [1.165, 1.54) is 11.8 Å². The van der Waals surface area contributed by atoms with Crippen molar-refractivity contribution in [1.29, 1.82) is 0 Å². The van der Waals surface area contributed by atoms with Crippen LogP contribution in [0.5, 0.6) is 0 Å². The number of aryl methyl sites for hydroxylation is 1. The summed E-state index contributed by atoms with van der Waals surface area (Å²) in [7, 11) is 0. The fraction of sp³-hybridized carbons (Fsp3) is 0.176. The predicted molar refractivity (Wildman–Crippen MR) is 90.6 cm³/mol. The molecule has 1 amide bonds. The van der Waals surface area contributed by atoms with E-state index in [0.717, 1.165) is 29.7 Å². The van der Waals surface area contributed by atoms with Crippen LogP contribution < -0.4 is 5.32 Å². The maximum absolute atomic E-state index is 12.4. The molecule has 24 heavy (non-hydrogen) atoms. The minimum Gasteiger partial charge on any atom is -0.411 e. The van der Waals surface area contributed by atoms with Crippen molar-refractivity contribution in [2.75, 3.05) is 5.32 Å². The summed E-state index contributed by atoms with van der Waals surface area (Å²) in [4.78, 5) is 16.4. The third-order valence-corrected chi connectivity index (χ3v) is 4.92. The molecule has 3 aromatic rings. The van der Waals surface area contributed by atoms with Gasteiger partial charge in [-0.2, -0.15) is 0 Å². The number of carbonyl (C=O) groups excluding carboxylic acids is 1. The van der Waals surface area contributed by atoms with Crippen LogP contribution in [0.25, 0.3) is 11.5 Å². The number of nitrogens with one attached hydrogen (secondary N) is 1. The molecule has 3 heterocycles. The van der Waals surface area contributed by atoms with E-state index >= 15 is 0 Å². The van der Waals surface area contributed by atoms with Crippen LogP contribution >= 0.6 is 11.8 Å². The molecule has 0 fully saturated rings. The van der Waals surface area contributed by atoms with Crippen molar-refractivity contribution in [2.45, 2.75) is 23.3 Å². The molecule has 0 bridgehead atoms. The van der Waals surface area contributed by atoms with Gasteiger partial charge < -0.3 is 9.73 Å². The fourth-order valence-corrected chi connectivity index (χ4v) is 3.45. The minimum absolute atomic E-state index is 0.0337. The number of hydrogen-bond acceptors (Lipinski definition) is 6. The van der Waals surface area contributed by atoms with Gasteiger partial charge in [-0.1, -0.05) is 30.0 Å². The normalized spacial score (nSPS) is 17.0. The van der Waals surface area contributed by atoms with Gasteiger partial charge >= 0.3 is 0 Å². The summed E-state index contributed by atoms with van der Waals surface area (Å²) in [6.07, 6.45) is 4.89. The Labute approximate surface area is 142 Å². The summed E-state index contributed by atoms with van der Waals surface area (Å²) >= 11 is 1.30. The maximum Gasteiger partial charge on any atom is 0.277 e. The second kappa shape index (κ2) is 6.45. The Balaban J connectivity index is 1.50. The number of benzene rings is 1. The number of aromatic nitrogens is 3. The van der Waals surface area contributed by atoms with Crippen LogP contribution in [-0.4, -0.2) is 26.3 Å². The Morgan fingerprint density at radius 1 is 1.12 bits per heavy atom. The van der Waals surface area contributed by atoms with Crippen molar-refractivity contribution in [2.24, 2.45) is 0 Å². The van der Waals surface area contributed by atoms with Crippen LogP contribution in [0.15, 0.2) is 58.4 Å². The molecule has 1 aliphatic rings. The summed E-state index contributed by atoms with van der Waals surface area (Å²) in [5.74, 6) is 0.394. The Morgan fingerprint density at radius 3 is 2.83 bits per heavy atom. The SMILES string of the molecule is O=C1Nc2ccccc2CCC1Sc1nnc(-c2ccncc2)o1. The zero-order valence-electron chi connectivity index (χ0n) is 12.7. The zero-order chi connectivity index (χ0) is 16.4. The lowest BCUT2D eigenvalue weighted by molar-refractivity contribution is -0.115. The van der Waals surface area contributed by atoms with Gasteiger partial charge in [-0.3, -0.25) is 9.78 Å². The quantitative estimate of drug-likeness (QED) is 0.790. The van der Waals surface area contributed by atoms with Crippen LogP contribution in [0.3, 0.4) is 0 Å². The monoisotopic (exact) mass is 338 g/mol. The molecule has 0 radical (unpaired) electrons. The molecule has 0 spiro atoms. The van der Waals surface area contributed by atoms with Crippen LogP contribution in [0.2, 0.25) is 0 Å². The lowest BCUT2D eigenvalue weighted by Crippen LogP contribution is -2.23. The molecule has 0 aliphatic carbocycles. The molecule has 1 atom stereocenters. The van der Waals surface area contributed by atoms with Crippen molar-refractivity contribution in [3.63, 3.8) is 0 Å². The van der Waals surface area contributed by atoms with Crippen molar-refractivity contribution >= 4 is 23.4 Å². The number of para-hydroxylation sites is 1. The van der Waals surface area contributed by atoms with E-state index in [1.54, 1.807) is 24.5 Å². The largest absolute Gasteiger partial charge is 0.411 e. The van der Waals surface area contributed by atoms with Gasteiger partial charge in [0.15, 0.2) is 0 Å². The Bertz CT molecular complexity index is 866. The van der Waals surface area contributed by atoms with Gasteiger partial charge in [0, 0.05) is 23.6 Å². The molecule has 120 valence electrons. The summed E-state index contributed by atoms with van der Waals surface area (Å²) in [6.45, 7) is 0. The second-order valence-corrected chi connectivity index (χ2v) is 6.55. The molecule has 1 N–H and O–H groups in total. The van der Waals surface area contributed by atoms with Gasteiger partial charge in [0.1, 0.15) is 0 Å². The standard InChI is InChI=1S/C17H14N4O2S/c22-15-14(6-5-11-3-1-2-4-13(11)19-15)24-17-21-20-16(23-17)12-7-9-18-10-8-12/h1-4,7-10,14H,5-6H2,(H,19,22). The van der Waals surface area contributed by atoms with E-state index in [0.29, 0.717) is 11.1 Å². The summed E-state index contributed by atoms with van der Waals surface area (Å²) in [5.41, 5.74) is 2.84. The predicted octanol–water partition coefficient (Wildman–Crippen LogP) is 3.18. The van der Waals surface area contributed by atoms with Crippen LogP contribution in [-0.2, 0) is 11.2 Å². The highest BCUT2D eigenvalue weighted by Crippen LogP contribution is 2.32. The molecular formula is C17H14N4O2S. The average molecular weight is 338 g/mol. The van der Waals surface area contributed by atoms with Gasteiger partial charge in [0.2, 0.25) is 11.8 Å². The van der Waals surface area contributed by atoms with Gasteiger partial charge in [-0.15, -0.1) is 10.2 Å². The van der Waals surface area contributed by atoms with E-state index in [2.05, 4.69) is 20.5 Å². The lowest BCUT2D eigenvalue weighted by Gasteiger charge is -2.09. The molecular weight excluding hydrogens is 324 g/mol. The third kappa shape index (κ3) is 3.03. The summed E-state index contributed by atoms with van der Waals surface area (Å²) in [5, 5.41) is 11.2. The summed E-state index contributed by atoms with van der Waals surface area (Å²) < 4.78 is 5.67. The molecule has 1 aromatic carbocycles. The highest BCUT2D eigenvalue weighted by molar-refractivity contribution is 8.00. The van der Waals surface area contributed by atoms with Crippen molar-refractivity contribution in [1.82, 2.24) is 15.2 Å². The Kier molecular flexibility index (Phi) is 4.00. The van der Waals surface area contributed by atoms with Crippen molar-refractivity contribution < 1.29 is 9.21 Å². The van der Waals surface area contributed by atoms with Crippen LogP contribution in [0, 0.1) is 0 Å². The smallest absolute Gasteiger partial charge is 0.277 e. The number of nitrogens with zero attached hydrogens (tertiary/aromatic N) is 3. The molecule has 1 aliphatic heterocycles. The first kappa shape index (κ1) is 14.9. The van der Waals surface area contributed by atoms with E-state index in [-0.39, 0.29) is 11.2 Å². The average Bonchev–Trinajstić information content (AvgIpc) is 3.02. The van der Waals surface area contributed by atoms with Gasteiger partial charge in [-0.25, -0.2) is 0 Å². The molecule has 4 rings (SSSR count). The van der Waals surface area contributed by atoms with Gasteiger partial charge in [-0.05, 0) is 36.6 Å². The maximum atomic E-state index is 12.4. The number of pyridine rings is 1. The van der Waals surface area contributed by atoms with Crippen LogP contribution in [0.1, 0.15) is 12.0 Å². The lowest BCUT2D eigenvalue weighted by atomic mass is 10.1. The van der Waals surface area contributed by atoms with Gasteiger partial charge in [0.05, 0.1) is 5.25 Å². The Morgan fingerprint density at radius 2 is 1.96 bits per heavy atom. The first-order valence-electron chi connectivity index (χ1n) is 7.59. The van der Waals surface area contributed by atoms with Crippen molar-refractivity contribution in [3.05, 3.63) is 54.4 Å². The molecule has 1 unspecified atom stereocenters. The molecule has 0 saturated carbocycles. The Hall–Kier alpha value is -2.67. The zero-order valence-corrected chi connectivity index (χ0v) is 13.5. The van der Waals surface area contributed by atoms with Crippen LogP contribution in [0.4, 0.5) is 5.69 Å². The fourth-order valence-electron chi connectivity index (χ4n) is 2.59. The molecule has 7 heteroatoms. The number of rotatable bonds is 3. The number of fused-ring (bicyclic) bond motifs is 1. The molecule has 6 nitrogen and oxygen atoms in total. The molecule has 2 aromatic heterocycles. The highest BCUT2D eigenvalue weighted by atomic mass is 32.2. The first-order chi connectivity index (χ1) is 11.8. The number of amides is 1. The first-order valence-corrected chi connectivity index (χ1v) is 8.47. The second-order valence-electron chi connectivity index (χ2n) is 5.40. The van der Waals surface area contributed by atoms with Gasteiger partial charge in [0.25, 0.3) is 5.22 Å². The minimum atomic E-state index is -0.261. The summed E-state index contributed by atoms with van der Waals surface area (Å²) in [6, 6.07) is 11.5. The van der Waals surface area contributed by atoms with E-state index < -0.39 is 0 Å². The number of thioether (sulfide) groups is 1.